The summed E-state index contributed by atoms with van der Waals surface area (Å²) < 4.78 is 5.42. The first-order valence-electron chi connectivity index (χ1n) is 10.1. The van der Waals surface area contributed by atoms with Gasteiger partial charge in [0.2, 0.25) is 5.82 Å². The van der Waals surface area contributed by atoms with Crippen molar-refractivity contribution in [3.63, 3.8) is 0 Å². The van der Waals surface area contributed by atoms with Gasteiger partial charge in [-0.3, -0.25) is 15.2 Å². The van der Waals surface area contributed by atoms with Gasteiger partial charge in [-0.05, 0) is 28.7 Å². The molecule has 2 aliphatic rings. The standard InChI is InChI=1S/C22H19N5O5/c28-19(27-10-9-17(27)20(29)30)18-23-21(26-25-18)24-22(31)32-11-16-14-7-3-1-5-12(14)13-6-2-4-8-15(13)16/h1-8,16-17H,9-11H2,(H,29,30)(H2,23,24,25,26,31). The Bertz CT molecular complexity index is 1180. The highest BCUT2D eigenvalue weighted by molar-refractivity contribution is 5.95. The van der Waals surface area contributed by atoms with Gasteiger partial charge in [-0.15, -0.1) is 5.10 Å². The zero-order chi connectivity index (χ0) is 22.2. The normalized spacial score (nSPS) is 16.6. The number of carbonyl (C=O) groups excluding carboxylic acids is 2. The highest BCUT2D eigenvalue weighted by Crippen LogP contribution is 2.44. The fraction of sp³-hybridized carbons (Fsp3) is 0.227. The van der Waals surface area contributed by atoms with Gasteiger partial charge in [0.15, 0.2) is 0 Å². The van der Waals surface area contributed by atoms with E-state index in [0.29, 0.717) is 13.0 Å². The SMILES string of the molecule is O=C(Nc1n[nH]c(C(=O)N2CCC2C(=O)O)n1)OCC1c2ccccc2-c2ccccc21. The summed E-state index contributed by atoms with van der Waals surface area (Å²) in [4.78, 5) is 40.9. The quantitative estimate of drug-likeness (QED) is 0.562. The fourth-order valence-corrected chi connectivity index (χ4v) is 4.16. The third kappa shape index (κ3) is 3.35. The number of amides is 2. The molecule has 162 valence electrons. The van der Waals surface area contributed by atoms with E-state index in [2.05, 4.69) is 20.5 Å². The van der Waals surface area contributed by atoms with Crippen LogP contribution in [-0.4, -0.2) is 62.4 Å². The Morgan fingerprint density at radius 2 is 1.75 bits per heavy atom. The van der Waals surface area contributed by atoms with E-state index in [-0.39, 0.29) is 24.3 Å². The molecule has 2 aromatic carbocycles. The Hall–Kier alpha value is -4.21. The van der Waals surface area contributed by atoms with Gasteiger partial charge in [0, 0.05) is 12.5 Å². The first-order valence-corrected chi connectivity index (χ1v) is 10.1. The van der Waals surface area contributed by atoms with Crippen LogP contribution in [-0.2, 0) is 9.53 Å². The van der Waals surface area contributed by atoms with Gasteiger partial charge in [-0.25, -0.2) is 9.59 Å². The van der Waals surface area contributed by atoms with Crippen LogP contribution in [0, 0.1) is 0 Å². The maximum absolute atomic E-state index is 12.4. The van der Waals surface area contributed by atoms with Crippen LogP contribution in [0.15, 0.2) is 48.5 Å². The second kappa shape index (κ2) is 7.80. The second-order valence-electron chi connectivity index (χ2n) is 7.60. The molecule has 0 spiro atoms. The molecule has 1 aromatic heterocycles. The Balaban J connectivity index is 1.22. The number of aromatic nitrogens is 3. The first-order chi connectivity index (χ1) is 15.5. The van der Waals surface area contributed by atoms with Crippen LogP contribution in [0.5, 0.6) is 0 Å². The van der Waals surface area contributed by atoms with Crippen molar-refractivity contribution in [2.24, 2.45) is 0 Å². The molecule has 1 atom stereocenters. The van der Waals surface area contributed by atoms with Crippen molar-refractivity contribution in [2.45, 2.75) is 18.4 Å². The maximum Gasteiger partial charge on any atom is 0.414 e. The number of hydrogen-bond donors (Lipinski definition) is 3. The minimum atomic E-state index is -1.07. The number of nitrogens with zero attached hydrogens (tertiary/aromatic N) is 3. The second-order valence-corrected chi connectivity index (χ2v) is 7.60. The highest BCUT2D eigenvalue weighted by Gasteiger charge is 2.39. The molecule has 1 aliphatic carbocycles. The number of carbonyl (C=O) groups is 3. The smallest absolute Gasteiger partial charge is 0.414 e. The van der Waals surface area contributed by atoms with E-state index in [1.54, 1.807) is 0 Å². The molecule has 0 bridgehead atoms. The summed E-state index contributed by atoms with van der Waals surface area (Å²) in [6.45, 7) is 0.454. The number of likely N-dealkylation sites (tertiary alicyclic amines) is 1. The largest absolute Gasteiger partial charge is 0.480 e. The summed E-state index contributed by atoms with van der Waals surface area (Å²) in [5.41, 5.74) is 4.43. The van der Waals surface area contributed by atoms with Crippen molar-refractivity contribution >= 4 is 23.9 Å². The van der Waals surface area contributed by atoms with Crippen LogP contribution in [0.3, 0.4) is 0 Å². The van der Waals surface area contributed by atoms with E-state index in [9.17, 15) is 14.4 Å². The number of benzene rings is 2. The molecule has 0 saturated carbocycles. The molecule has 1 fully saturated rings. The number of anilines is 1. The monoisotopic (exact) mass is 433 g/mol. The number of aliphatic carboxylic acids is 1. The van der Waals surface area contributed by atoms with Gasteiger partial charge in [-0.2, -0.15) is 4.98 Å². The number of carboxylic acid groups (broad SMARTS) is 1. The van der Waals surface area contributed by atoms with Crippen LogP contribution in [0.4, 0.5) is 10.7 Å². The summed E-state index contributed by atoms with van der Waals surface area (Å²) in [7, 11) is 0. The van der Waals surface area contributed by atoms with E-state index in [4.69, 9.17) is 9.84 Å². The third-order valence-electron chi connectivity index (χ3n) is 5.81. The molecule has 1 aliphatic heterocycles. The molecule has 3 aromatic rings. The van der Waals surface area contributed by atoms with E-state index in [0.717, 1.165) is 22.3 Å². The van der Waals surface area contributed by atoms with Crippen molar-refractivity contribution in [1.82, 2.24) is 20.1 Å². The number of carboxylic acids is 1. The van der Waals surface area contributed by atoms with Gasteiger partial charge in [0.05, 0.1) is 0 Å². The number of hydrogen-bond acceptors (Lipinski definition) is 6. The van der Waals surface area contributed by atoms with Crippen LogP contribution < -0.4 is 5.32 Å². The number of ether oxygens (including phenoxy) is 1. The van der Waals surface area contributed by atoms with Gasteiger partial charge in [0.1, 0.15) is 12.6 Å². The number of fused-ring (bicyclic) bond motifs is 3. The first kappa shape index (κ1) is 19.7. The fourth-order valence-electron chi connectivity index (χ4n) is 4.16. The molecule has 0 radical (unpaired) electrons. The van der Waals surface area contributed by atoms with Crippen LogP contribution in [0.25, 0.3) is 11.1 Å². The minimum Gasteiger partial charge on any atom is -0.480 e. The summed E-state index contributed by atoms with van der Waals surface area (Å²) in [6.07, 6.45) is -0.364. The molecule has 1 saturated heterocycles. The molecular formula is C22H19N5O5. The lowest BCUT2D eigenvalue weighted by molar-refractivity contribution is -0.146. The molecule has 32 heavy (non-hydrogen) atoms. The minimum absolute atomic E-state index is 0.0863. The number of aromatic amines is 1. The highest BCUT2D eigenvalue weighted by atomic mass is 16.5. The Kier molecular flexibility index (Phi) is 4.81. The number of rotatable bonds is 5. The summed E-state index contributed by atoms with van der Waals surface area (Å²) in [5.74, 6) is -2.02. The van der Waals surface area contributed by atoms with Crippen LogP contribution in [0.1, 0.15) is 34.1 Å². The average molecular weight is 433 g/mol. The van der Waals surface area contributed by atoms with E-state index >= 15 is 0 Å². The summed E-state index contributed by atoms with van der Waals surface area (Å²) >= 11 is 0. The van der Waals surface area contributed by atoms with Gasteiger partial charge < -0.3 is 14.7 Å². The van der Waals surface area contributed by atoms with Crippen molar-refractivity contribution < 1.29 is 24.2 Å². The van der Waals surface area contributed by atoms with Crippen molar-refractivity contribution in [3.05, 3.63) is 65.5 Å². The predicted octanol–water partition coefficient (Wildman–Crippen LogP) is 2.46. The third-order valence-corrected chi connectivity index (χ3v) is 5.81. The van der Waals surface area contributed by atoms with Gasteiger partial charge in [-0.1, -0.05) is 48.5 Å². The van der Waals surface area contributed by atoms with Crippen molar-refractivity contribution in [3.8, 4) is 11.1 Å². The molecule has 10 heteroatoms. The lowest BCUT2D eigenvalue weighted by Gasteiger charge is -2.37. The molecule has 10 nitrogen and oxygen atoms in total. The number of nitrogens with one attached hydrogen (secondary N) is 2. The topological polar surface area (TPSA) is 138 Å². The number of H-pyrrole nitrogens is 1. The van der Waals surface area contributed by atoms with Gasteiger partial charge >= 0.3 is 12.1 Å². The molecular weight excluding hydrogens is 414 g/mol. The predicted molar refractivity (Wildman–Crippen MR) is 112 cm³/mol. The van der Waals surface area contributed by atoms with E-state index in [1.807, 2.05) is 48.5 Å². The summed E-state index contributed by atoms with van der Waals surface area (Å²) in [6, 6.07) is 15.1. The van der Waals surface area contributed by atoms with Crippen molar-refractivity contribution in [1.29, 1.82) is 0 Å². The van der Waals surface area contributed by atoms with E-state index < -0.39 is 24.0 Å². The molecule has 3 N–H and O–H groups in total. The Labute approximate surface area is 182 Å². The van der Waals surface area contributed by atoms with Crippen molar-refractivity contribution in [2.75, 3.05) is 18.5 Å². The molecule has 2 heterocycles. The Morgan fingerprint density at radius 3 is 2.34 bits per heavy atom. The maximum atomic E-state index is 12.4. The lowest BCUT2D eigenvalue weighted by atomic mass is 9.98. The zero-order valence-electron chi connectivity index (χ0n) is 16.8. The van der Waals surface area contributed by atoms with Crippen LogP contribution >= 0.6 is 0 Å². The lowest BCUT2D eigenvalue weighted by Crippen LogP contribution is -2.55. The molecule has 1 unspecified atom stereocenters. The Morgan fingerprint density at radius 1 is 1.09 bits per heavy atom. The van der Waals surface area contributed by atoms with E-state index in [1.165, 1.54) is 4.90 Å². The van der Waals surface area contributed by atoms with Gasteiger partial charge in [0.25, 0.3) is 11.9 Å². The summed E-state index contributed by atoms with van der Waals surface area (Å²) in [5, 5.41) is 17.7. The average Bonchev–Trinajstić information content (AvgIpc) is 3.34. The molecule has 2 amide bonds. The molecule has 5 rings (SSSR count). The zero-order valence-corrected chi connectivity index (χ0v) is 16.8. The van der Waals surface area contributed by atoms with Crippen LogP contribution in [0.2, 0.25) is 0 Å².